The molecule has 7 N–H and O–H groups in total. The molecule has 15 nitrogen and oxygen atoms in total. The topological polar surface area (TPSA) is 225 Å². The molecule has 0 aliphatic carbocycles. The number of hydrogen-bond donors (Lipinski definition) is 7. The minimum Gasteiger partial charge on any atom is -0.465 e. The minimum absolute atomic E-state index is 0.0581. The van der Waals surface area contributed by atoms with E-state index in [1.54, 1.807) is 36.4 Å². The average Bonchev–Trinajstić information content (AvgIpc) is 3.28. The maximum Gasteiger partial charge on any atom is 0.407 e. The maximum absolute atomic E-state index is 13.0. The fourth-order valence-corrected chi connectivity index (χ4v) is 4.43. The zero-order valence-corrected chi connectivity index (χ0v) is 21.8. The number of aryl methyl sites for hydroxylation is 2. The van der Waals surface area contributed by atoms with Crippen LogP contribution in [0.25, 0.3) is 0 Å². The quantitative estimate of drug-likeness (QED) is 0.0955. The Morgan fingerprint density at radius 2 is 1.55 bits per heavy atom. The van der Waals surface area contributed by atoms with E-state index in [-0.39, 0.29) is 23.3 Å². The van der Waals surface area contributed by atoms with Crippen molar-refractivity contribution < 1.29 is 34.3 Å². The van der Waals surface area contributed by atoms with E-state index in [0.29, 0.717) is 34.7 Å². The summed E-state index contributed by atoms with van der Waals surface area (Å²) in [7, 11) is 0. The number of nitrogens with one attached hydrogen (secondary N) is 5. The Morgan fingerprint density at radius 1 is 0.950 bits per heavy atom. The summed E-state index contributed by atoms with van der Waals surface area (Å²) in [6, 6.07) is 12.6. The molecule has 210 valence electrons. The highest BCUT2D eigenvalue weighted by Crippen LogP contribution is 2.25. The molecule has 3 rings (SSSR count). The number of nitrogens with zero attached hydrogens (tertiary/aromatic N) is 2. The predicted molar refractivity (Wildman–Crippen MR) is 144 cm³/mol. The molecule has 1 aromatic heterocycles. The number of nitro benzene ring substituents is 1. The van der Waals surface area contributed by atoms with E-state index >= 15 is 0 Å². The molecule has 16 heteroatoms. The number of rotatable bonds is 12. The number of nitro groups is 1. The molecular formula is C24H25N7O8S. The number of thiazole rings is 1. The van der Waals surface area contributed by atoms with Gasteiger partial charge in [-0.1, -0.05) is 35.6 Å². The van der Waals surface area contributed by atoms with Gasteiger partial charge in [-0.25, -0.2) is 14.6 Å². The van der Waals surface area contributed by atoms with Crippen LogP contribution in [0.4, 0.5) is 26.1 Å². The van der Waals surface area contributed by atoms with Crippen molar-refractivity contribution in [2.75, 3.05) is 10.6 Å². The molecule has 4 amide bonds. The van der Waals surface area contributed by atoms with Crippen LogP contribution < -0.4 is 26.6 Å². The molecular weight excluding hydrogens is 546 g/mol. The second-order valence-corrected chi connectivity index (χ2v) is 9.25. The number of non-ortho nitro benzene ring substituents is 1. The molecule has 0 spiro atoms. The SMILES string of the molecule is CC(=O)Nc1nc(CCc2ccc(NC(NC(=O)O)NC(=O)O)cc2)c(C(=O)NCc2ccc([N+](=O)[O-])cc2)s1. The smallest absolute Gasteiger partial charge is 0.407 e. The molecule has 1 heterocycles. The third kappa shape index (κ3) is 8.95. The van der Waals surface area contributed by atoms with Crippen LogP contribution in [0.3, 0.4) is 0 Å². The van der Waals surface area contributed by atoms with Crippen LogP contribution in [0.15, 0.2) is 48.5 Å². The lowest BCUT2D eigenvalue weighted by Gasteiger charge is -2.19. The lowest BCUT2D eigenvalue weighted by atomic mass is 10.1. The average molecular weight is 572 g/mol. The van der Waals surface area contributed by atoms with Crippen molar-refractivity contribution >= 4 is 51.8 Å². The number of hydrogen-bond acceptors (Lipinski definition) is 9. The molecule has 2 aromatic carbocycles. The summed E-state index contributed by atoms with van der Waals surface area (Å²) < 4.78 is 0. The van der Waals surface area contributed by atoms with Gasteiger partial charge in [-0.15, -0.1) is 0 Å². The van der Waals surface area contributed by atoms with Gasteiger partial charge in [-0.05, 0) is 36.1 Å². The van der Waals surface area contributed by atoms with Crippen LogP contribution in [0.1, 0.15) is 33.4 Å². The number of aromatic nitrogens is 1. The van der Waals surface area contributed by atoms with Crippen LogP contribution in [0.2, 0.25) is 0 Å². The highest BCUT2D eigenvalue weighted by atomic mass is 32.1. The molecule has 0 atom stereocenters. The van der Waals surface area contributed by atoms with Gasteiger partial charge in [0.05, 0.1) is 10.6 Å². The zero-order valence-electron chi connectivity index (χ0n) is 21.0. The molecule has 0 saturated carbocycles. The third-order valence-electron chi connectivity index (χ3n) is 5.24. The molecule has 0 radical (unpaired) electrons. The predicted octanol–water partition coefficient (Wildman–Crippen LogP) is 2.96. The van der Waals surface area contributed by atoms with E-state index in [4.69, 9.17) is 10.2 Å². The van der Waals surface area contributed by atoms with Crippen LogP contribution in [0.5, 0.6) is 0 Å². The monoisotopic (exact) mass is 571 g/mol. The molecule has 0 aliphatic heterocycles. The first kappa shape index (κ1) is 29.3. The summed E-state index contributed by atoms with van der Waals surface area (Å²) in [5.74, 6) is -0.751. The van der Waals surface area contributed by atoms with E-state index in [1.165, 1.54) is 19.1 Å². The van der Waals surface area contributed by atoms with Crippen molar-refractivity contribution in [1.29, 1.82) is 0 Å². The number of benzene rings is 2. The van der Waals surface area contributed by atoms with Crippen LogP contribution in [-0.2, 0) is 24.2 Å². The second-order valence-electron chi connectivity index (χ2n) is 8.26. The van der Waals surface area contributed by atoms with Crippen molar-refractivity contribution in [2.45, 2.75) is 32.6 Å². The molecule has 0 bridgehead atoms. The Bertz CT molecular complexity index is 1380. The molecule has 40 heavy (non-hydrogen) atoms. The zero-order chi connectivity index (χ0) is 29.2. The van der Waals surface area contributed by atoms with Crippen LogP contribution >= 0.6 is 11.3 Å². The second kappa shape index (κ2) is 13.5. The fourth-order valence-electron chi connectivity index (χ4n) is 3.45. The largest absolute Gasteiger partial charge is 0.465 e. The standard InChI is InChI=1S/C24H25N7O8S/c1-13(32)26-22-28-18(19(40-22)20(33)25-12-15-4-9-17(10-5-15)31(38)39)11-6-14-2-7-16(8-3-14)27-21(29-23(34)35)30-24(36)37/h2-5,7-10,21,27,29-30H,6,11-12H2,1H3,(H,25,33)(H,34,35)(H,36,37)(H,26,28,32). The first-order chi connectivity index (χ1) is 19.0. The van der Waals surface area contributed by atoms with E-state index in [9.17, 15) is 29.3 Å². The summed E-state index contributed by atoms with van der Waals surface area (Å²) in [4.78, 5) is 61.3. The van der Waals surface area contributed by atoms with Gasteiger partial charge in [0.1, 0.15) is 4.88 Å². The Kier molecular flexibility index (Phi) is 9.90. The van der Waals surface area contributed by atoms with Crippen molar-refractivity contribution in [3.63, 3.8) is 0 Å². The summed E-state index contributed by atoms with van der Waals surface area (Å²) in [6.45, 7) is 1.46. The highest BCUT2D eigenvalue weighted by molar-refractivity contribution is 7.17. The first-order valence-electron chi connectivity index (χ1n) is 11.6. The molecule has 0 fully saturated rings. The maximum atomic E-state index is 13.0. The van der Waals surface area contributed by atoms with Crippen molar-refractivity contribution in [3.05, 3.63) is 80.3 Å². The lowest BCUT2D eigenvalue weighted by molar-refractivity contribution is -0.384. The minimum atomic E-state index is -1.42. The Balaban J connectivity index is 1.66. The Labute approximate surface area is 230 Å². The molecule has 0 saturated heterocycles. The van der Waals surface area contributed by atoms with Crippen molar-refractivity contribution in [3.8, 4) is 0 Å². The van der Waals surface area contributed by atoms with Gasteiger partial charge in [0.2, 0.25) is 5.91 Å². The summed E-state index contributed by atoms with van der Waals surface area (Å²) in [6.07, 6.45) is -3.28. The van der Waals surface area contributed by atoms with E-state index < -0.39 is 29.3 Å². The van der Waals surface area contributed by atoms with Gasteiger partial charge >= 0.3 is 12.2 Å². The van der Waals surface area contributed by atoms with Gasteiger partial charge in [0.15, 0.2) is 11.4 Å². The fraction of sp³-hybridized carbons (Fsp3) is 0.208. The number of anilines is 2. The van der Waals surface area contributed by atoms with Gasteiger partial charge in [-0.2, -0.15) is 0 Å². The van der Waals surface area contributed by atoms with Gasteiger partial charge < -0.3 is 26.2 Å². The van der Waals surface area contributed by atoms with Gasteiger partial charge in [0, 0.05) is 31.3 Å². The summed E-state index contributed by atoms with van der Waals surface area (Å²) in [5.41, 5.74) is 2.38. The summed E-state index contributed by atoms with van der Waals surface area (Å²) in [5, 5.41) is 40.9. The van der Waals surface area contributed by atoms with Gasteiger partial charge in [-0.3, -0.25) is 30.3 Å². The lowest BCUT2D eigenvalue weighted by Crippen LogP contribution is -2.52. The number of carbonyl (C=O) groups excluding carboxylic acids is 2. The van der Waals surface area contributed by atoms with E-state index in [2.05, 4.69) is 20.9 Å². The van der Waals surface area contributed by atoms with Crippen LogP contribution in [-0.4, -0.2) is 50.4 Å². The number of carbonyl (C=O) groups is 4. The van der Waals surface area contributed by atoms with Crippen LogP contribution in [0, 0.1) is 10.1 Å². The molecule has 3 aromatic rings. The van der Waals surface area contributed by atoms with E-state index in [1.807, 2.05) is 10.6 Å². The Hall–Kier alpha value is -5.25. The number of amides is 4. The third-order valence-corrected chi connectivity index (χ3v) is 6.25. The molecule has 0 aliphatic rings. The Morgan fingerprint density at radius 3 is 2.10 bits per heavy atom. The van der Waals surface area contributed by atoms with E-state index in [0.717, 1.165) is 16.9 Å². The van der Waals surface area contributed by atoms with Crippen molar-refractivity contribution in [1.82, 2.24) is 20.9 Å². The summed E-state index contributed by atoms with van der Waals surface area (Å²) >= 11 is 1.03. The first-order valence-corrected chi connectivity index (χ1v) is 12.4. The van der Waals surface area contributed by atoms with Crippen molar-refractivity contribution in [2.24, 2.45) is 0 Å². The normalized spacial score (nSPS) is 10.4. The number of carboxylic acid groups (broad SMARTS) is 2. The van der Waals surface area contributed by atoms with Gasteiger partial charge in [0.25, 0.3) is 11.6 Å². The molecule has 0 unspecified atom stereocenters. The highest BCUT2D eigenvalue weighted by Gasteiger charge is 2.19.